The summed E-state index contributed by atoms with van der Waals surface area (Å²) in [7, 11) is 4.14. The molecule has 4 nitrogen and oxygen atoms in total. The molecule has 0 saturated heterocycles. The van der Waals surface area contributed by atoms with Crippen molar-refractivity contribution in [3.63, 3.8) is 0 Å². The van der Waals surface area contributed by atoms with E-state index < -0.39 is 6.10 Å². The van der Waals surface area contributed by atoms with Crippen molar-refractivity contribution in [2.75, 3.05) is 33.8 Å². The maximum atomic E-state index is 11.7. The summed E-state index contributed by atoms with van der Waals surface area (Å²) in [5.74, 6) is -0.218. The second-order valence-corrected chi connectivity index (χ2v) is 8.24. The molecule has 0 fully saturated rings. The molecule has 0 aromatic carbocycles. The smallest absolute Gasteiger partial charge is 0.361 e. The molecule has 0 saturated carbocycles. The van der Waals surface area contributed by atoms with E-state index in [9.17, 15) is 4.79 Å². The molecule has 1 atom stereocenters. The number of ether oxygens (including phenoxy) is 1. The number of nitrogens with zero attached hydrogens (tertiary/aromatic N) is 1. The fourth-order valence-electron chi connectivity index (χ4n) is 3.07. The van der Waals surface area contributed by atoms with Crippen LogP contribution in [0, 0.1) is 0 Å². The van der Waals surface area contributed by atoms with Crippen LogP contribution in [-0.2, 0) is 9.53 Å². The fraction of sp³-hybridized carbons (Fsp3) is 0.952. The van der Waals surface area contributed by atoms with Gasteiger partial charge in [-0.15, -0.1) is 0 Å². The summed E-state index contributed by atoms with van der Waals surface area (Å²) in [4.78, 5) is 11.7. The van der Waals surface area contributed by atoms with Crippen molar-refractivity contribution in [1.29, 1.82) is 0 Å². The van der Waals surface area contributed by atoms with Crippen molar-refractivity contribution in [3.8, 4) is 0 Å². The molecule has 0 bridgehead atoms. The molecule has 0 spiro atoms. The van der Waals surface area contributed by atoms with E-state index in [1.54, 1.807) is 6.92 Å². The summed E-state index contributed by atoms with van der Waals surface area (Å²) in [5.41, 5.74) is 0. The van der Waals surface area contributed by atoms with Crippen LogP contribution in [0.1, 0.15) is 90.9 Å². The standard InChI is InChI=1S/C21H44NO3/c1-5-6-7-8-9-10-11-12-13-14-15-16-17-22(3,4)18-21(24)25-19-20(2)23/h20,23H,5-19H2,1-4H3/q+1. The number of aliphatic hydroxyl groups is 1. The largest absolute Gasteiger partial charge is 0.459 e. The minimum atomic E-state index is -0.587. The Labute approximate surface area is 156 Å². The SMILES string of the molecule is CCCCCCCCCCCCCC[N+](C)(C)CC(=O)OCC(C)O. The lowest BCUT2D eigenvalue weighted by Crippen LogP contribution is -2.45. The Morgan fingerprint density at radius 2 is 1.32 bits per heavy atom. The quantitative estimate of drug-likeness (QED) is 0.233. The predicted molar refractivity (Wildman–Crippen MR) is 106 cm³/mol. The molecule has 1 N–H and O–H groups in total. The monoisotopic (exact) mass is 358 g/mol. The van der Waals surface area contributed by atoms with Gasteiger partial charge in [-0.3, -0.25) is 0 Å². The summed E-state index contributed by atoms with van der Waals surface area (Å²) in [6.07, 6.45) is 15.6. The van der Waals surface area contributed by atoms with Crippen LogP contribution in [0.3, 0.4) is 0 Å². The van der Waals surface area contributed by atoms with Crippen molar-refractivity contribution in [2.45, 2.75) is 97.0 Å². The molecular weight excluding hydrogens is 314 g/mol. The van der Waals surface area contributed by atoms with Gasteiger partial charge in [-0.2, -0.15) is 0 Å². The second kappa shape index (κ2) is 15.6. The number of likely N-dealkylation sites (N-methyl/N-ethyl adjacent to an activating group) is 1. The first-order valence-corrected chi connectivity index (χ1v) is 10.5. The number of carbonyl (C=O) groups is 1. The van der Waals surface area contributed by atoms with Gasteiger partial charge in [0.2, 0.25) is 0 Å². The van der Waals surface area contributed by atoms with Crippen LogP contribution in [0.5, 0.6) is 0 Å². The van der Waals surface area contributed by atoms with Crippen molar-refractivity contribution >= 4 is 5.97 Å². The van der Waals surface area contributed by atoms with E-state index in [-0.39, 0.29) is 12.6 Å². The highest BCUT2D eigenvalue weighted by molar-refractivity contribution is 5.70. The Morgan fingerprint density at radius 1 is 0.880 bits per heavy atom. The average Bonchev–Trinajstić information content (AvgIpc) is 2.53. The van der Waals surface area contributed by atoms with E-state index >= 15 is 0 Å². The van der Waals surface area contributed by atoms with E-state index in [1.165, 1.54) is 70.6 Å². The highest BCUT2D eigenvalue weighted by atomic mass is 16.5. The maximum absolute atomic E-state index is 11.7. The molecule has 0 aromatic heterocycles. The van der Waals surface area contributed by atoms with Gasteiger partial charge in [0.1, 0.15) is 6.61 Å². The minimum Gasteiger partial charge on any atom is -0.459 e. The average molecular weight is 359 g/mol. The van der Waals surface area contributed by atoms with Gasteiger partial charge in [-0.25, -0.2) is 4.79 Å². The van der Waals surface area contributed by atoms with Gasteiger partial charge in [-0.05, 0) is 19.8 Å². The number of rotatable bonds is 17. The number of hydrogen-bond donors (Lipinski definition) is 1. The van der Waals surface area contributed by atoms with Gasteiger partial charge < -0.3 is 14.3 Å². The molecule has 0 aliphatic heterocycles. The molecule has 0 aromatic rings. The lowest BCUT2D eigenvalue weighted by molar-refractivity contribution is -0.883. The van der Waals surface area contributed by atoms with E-state index in [2.05, 4.69) is 21.0 Å². The third kappa shape index (κ3) is 18.0. The Bertz CT molecular complexity index is 316. The first-order valence-electron chi connectivity index (χ1n) is 10.5. The zero-order chi connectivity index (χ0) is 19.0. The van der Waals surface area contributed by atoms with Crippen molar-refractivity contribution < 1.29 is 19.1 Å². The molecule has 0 radical (unpaired) electrons. The number of aliphatic hydroxyl groups excluding tert-OH is 1. The topological polar surface area (TPSA) is 46.5 Å². The van der Waals surface area contributed by atoms with Crippen LogP contribution in [0.4, 0.5) is 0 Å². The maximum Gasteiger partial charge on any atom is 0.361 e. The van der Waals surface area contributed by atoms with Gasteiger partial charge in [-0.1, -0.05) is 71.1 Å². The summed E-state index contributed by atoms with van der Waals surface area (Å²) in [6, 6.07) is 0. The first kappa shape index (κ1) is 24.4. The molecule has 0 rings (SSSR count). The molecule has 0 aliphatic rings. The number of quaternary nitrogens is 1. The highest BCUT2D eigenvalue weighted by Crippen LogP contribution is 2.12. The lowest BCUT2D eigenvalue weighted by Gasteiger charge is -2.28. The van der Waals surface area contributed by atoms with Crippen molar-refractivity contribution in [1.82, 2.24) is 0 Å². The minimum absolute atomic E-state index is 0.0947. The van der Waals surface area contributed by atoms with E-state index in [4.69, 9.17) is 9.84 Å². The predicted octanol–water partition coefficient (Wildman–Crippen LogP) is 4.69. The Balaban J connectivity index is 3.46. The summed E-state index contributed by atoms with van der Waals surface area (Å²) in [6.45, 7) is 5.37. The van der Waals surface area contributed by atoms with Gasteiger partial charge >= 0.3 is 5.97 Å². The first-order chi connectivity index (χ1) is 11.9. The van der Waals surface area contributed by atoms with Crippen molar-refractivity contribution in [3.05, 3.63) is 0 Å². The van der Waals surface area contributed by atoms with Crippen LogP contribution in [0.2, 0.25) is 0 Å². The molecule has 0 aliphatic carbocycles. The van der Waals surface area contributed by atoms with Crippen LogP contribution in [-0.4, -0.2) is 55.5 Å². The Kier molecular flexibility index (Phi) is 15.2. The van der Waals surface area contributed by atoms with Gasteiger partial charge in [0.05, 0.1) is 26.7 Å². The number of carbonyl (C=O) groups excluding carboxylic acids is 1. The molecular formula is C21H44NO3+. The van der Waals surface area contributed by atoms with E-state index in [0.717, 1.165) is 13.0 Å². The third-order valence-electron chi connectivity index (χ3n) is 4.66. The molecule has 1 unspecified atom stereocenters. The third-order valence-corrected chi connectivity index (χ3v) is 4.66. The van der Waals surface area contributed by atoms with E-state index in [0.29, 0.717) is 11.0 Å². The summed E-state index contributed by atoms with van der Waals surface area (Å²) < 4.78 is 5.71. The zero-order valence-electron chi connectivity index (χ0n) is 17.4. The normalized spacial score (nSPS) is 13.0. The van der Waals surface area contributed by atoms with E-state index in [1.807, 2.05) is 0 Å². The molecule has 0 amide bonds. The molecule has 4 heteroatoms. The van der Waals surface area contributed by atoms with Crippen LogP contribution >= 0.6 is 0 Å². The van der Waals surface area contributed by atoms with Crippen LogP contribution in [0.25, 0.3) is 0 Å². The molecule has 150 valence electrons. The Hall–Kier alpha value is -0.610. The van der Waals surface area contributed by atoms with Gasteiger partial charge in [0.15, 0.2) is 6.54 Å². The van der Waals surface area contributed by atoms with Crippen LogP contribution < -0.4 is 0 Å². The van der Waals surface area contributed by atoms with Gasteiger partial charge in [0.25, 0.3) is 0 Å². The fourth-order valence-corrected chi connectivity index (χ4v) is 3.07. The van der Waals surface area contributed by atoms with Crippen LogP contribution in [0.15, 0.2) is 0 Å². The highest BCUT2D eigenvalue weighted by Gasteiger charge is 2.20. The van der Waals surface area contributed by atoms with Gasteiger partial charge in [0, 0.05) is 0 Å². The number of unbranched alkanes of at least 4 members (excludes halogenated alkanes) is 11. The number of esters is 1. The molecule has 0 heterocycles. The summed E-state index contributed by atoms with van der Waals surface area (Å²) in [5, 5.41) is 9.14. The zero-order valence-corrected chi connectivity index (χ0v) is 17.4. The summed E-state index contributed by atoms with van der Waals surface area (Å²) >= 11 is 0. The number of hydrogen-bond acceptors (Lipinski definition) is 3. The lowest BCUT2D eigenvalue weighted by atomic mass is 10.1. The second-order valence-electron chi connectivity index (χ2n) is 8.24. The molecule has 25 heavy (non-hydrogen) atoms. The Morgan fingerprint density at radius 3 is 1.76 bits per heavy atom. The van der Waals surface area contributed by atoms with Crippen molar-refractivity contribution in [2.24, 2.45) is 0 Å².